The van der Waals surface area contributed by atoms with Crippen LogP contribution in [0, 0.1) is 0 Å². The van der Waals surface area contributed by atoms with E-state index in [2.05, 4.69) is 19.9 Å². The Labute approximate surface area is 120 Å². The van der Waals surface area contributed by atoms with Crippen molar-refractivity contribution in [2.75, 3.05) is 13.2 Å². The maximum atomic E-state index is 11.3. The van der Waals surface area contributed by atoms with Crippen LogP contribution in [0.5, 0.6) is 5.75 Å². The molecular weight excluding hydrogens is 254 g/mol. The molecule has 1 atom stereocenters. The van der Waals surface area contributed by atoms with Crippen LogP contribution in [0.15, 0.2) is 18.2 Å². The second-order valence-electron chi connectivity index (χ2n) is 5.78. The predicted octanol–water partition coefficient (Wildman–Crippen LogP) is 2.18. The van der Waals surface area contributed by atoms with Gasteiger partial charge in [0.2, 0.25) is 0 Å². The Balaban J connectivity index is 2.15. The van der Waals surface area contributed by atoms with Crippen LogP contribution >= 0.6 is 0 Å². The van der Waals surface area contributed by atoms with Crippen LogP contribution in [-0.4, -0.2) is 25.2 Å². The molecule has 110 valence electrons. The fourth-order valence-electron chi connectivity index (χ4n) is 2.68. The highest BCUT2D eigenvalue weighted by molar-refractivity contribution is 5.71. The van der Waals surface area contributed by atoms with Crippen molar-refractivity contribution in [3.8, 4) is 5.75 Å². The monoisotopic (exact) mass is 277 g/mol. The van der Waals surface area contributed by atoms with E-state index in [4.69, 9.17) is 15.2 Å². The van der Waals surface area contributed by atoms with E-state index in [-0.39, 0.29) is 24.0 Å². The highest BCUT2D eigenvalue weighted by atomic mass is 16.6. The quantitative estimate of drug-likeness (QED) is 0.857. The molecule has 1 unspecified atom stereocenters. The zero-order valence-electron chi connectivity index (χ0n) is 12.4. The SMILES string of the molecule is CCOC(=O)COc1ccc2c(c1)C(C)(C)C(N)CC2. The third kappa shape index (κ3) is 2.96. The van der Waals surface area contributed by atoms with Crippen molar-refractivity contribution in [3.05, 3.63) is 29.3 Å². The van der Waals surface area contributed by atoms with E-state index in [0.29, 0.717) is 12.4 Å². The van der Waals surface area contributed by atoms with Gasteiger partial charge in [-0.15, -0.1) is 0 Å². The van der Waals surface area contributed by atoms with Crippen LogP contribution in [0.2, 0.25) is 0 Å². The molecule has 0 heterocycles. The van der Waals surface area contributed by atoms with Gasteiger partial charge in [-0.25, -0.2) is 4.79 Å². The molecule has 0 amide bonds. The van der Waals surface area contributed by atoms with E-state index in [1.165, 1.54) is 11.1 Å². The Bertz CT molecular complexity index is 496. The minimum Gasteiger partial charge on any atom is -0.482 e. The number of benzene rings is 1. The van der Waals surface area contributed by atoms with Crippen LogP contribution in [0.25, 0.3) is 0 Å². The molecule has 0 spiro atoms. The molecule has 0 saturated heterocycles. The Morgan fingerprint density at radius 3 is 2.90 bits per heavy atom. The van der Waals surface area contributed by atoms with Gasteiger partial charge in [0, 0.05) is 11.5 Å². The Morgan fingerprint density at radius 1 is 1.45 bits per heavy atom. The molecule has 4 heteroatoms. The summed E-state index contributed by atoms with van der Waals surface area (Å²) in [7, 11) is 0. The fourth-order valence-corrected chi connectivity index (χ4v) is 2.68. The van der Waals surface area contributed by atoms with Crippen LogP contribution in [0.3, 0.4) is 0 Å². The van der Waals surface area contributed by atoms with Gasteiger partial charge in [-0.2, -0.15) is 0 Å². The normalized spacial score (nSPS) is 20.1. The maximum absolute atomic E-state index is 11.3. The van der Waals surface area contributed by atoms with E-state index >= 15 is 0 Å². The molecule has 1 aromatic carbocycles. The number of rotatable bonds is 4. The predicted molar refractivity (Wildman–Crippen MR) is 77.9 cm³/mol. The second-order valence-corrected chi connectivity index (χ2v) is 5.78. The number of aryl methyl sites for hydroxylation is 1. The lowest BCUT2D eigenvalue weighted by molar-refractivity contribution is -0.145. The maximum Gasteiger partial charge on any atom is 0.344 e. The molecule has 2 rings (SSSR count). The number of ether oxygens (including phenoxy) is 2. The first-order valence-electron chi connectivity index (χ1n) is 7.12. The van der Waals surface area contributed by atoms with E-state index < -0.39 is 0 Å². The van der Waals surface area contributed by atoms with E-state index in [1.807, 2.05) is 12.1 Å². The second kappa shape index (κ2) is 5.83. The zero-order valence-corrected chi connectivity index (χ0v) is 12.4. The van der Waals surface area contributed by atoms with Gasteiger partial charge in [-0.05, 0) is 43.0 Å². The van der Waals surface area contributed by atoms with Crippen LogP contribution in [0.1, 0.15) is 38.3 Å². The number of esters is 1. The smallest absolute Gasteiger partial charge is 0.344 e. The Morgan fingerprint density at radius 2 is 2.20 bits per heavy atom. The minimum atomic E-state index is -0.346. The van der Waals surface area contributed by atoms with Crippen molar-refractivity contribution in [2.45, 2.75) is 45.1 Å². The third-order valence-corrected chi connectivity index (χ3v) is 4.09. The lowest BCUT2D eigenvalue weighted by Gasteiger charge is -2.38. The van der Waals surface area contributed by atoms with E-state index in [0.717, 1.165) is 12.8 Å². The molecule has 20 heavy (non-hydrogen) atoms. The summed E-state index contributed by atoms with van der Waals surface area (Å²) in [5.74, 6) is 0.347. The van der Waals surface area contributed by atoms with Gasteiger partial charge in [-0.3, -0.25) is 0 Å². The van der Waals surface area contributed by atoms with Crippen molar-refractivity contribution in [1.29, 1.82) is 0 Å². The summed E-state index contributed by atoms with van der Waals surface area (Å²) in [5, 5.41) is 0. The highest BCUT2D eigenvalue weighted by Gasteiger charge is 2.34. The summed E-state index contributed by atoms with van der Waals surface area (Å²) in [6.07, 6.45) is 2.00. The molecule has 4 nitrogen and oxygen atoms in total. The molecular formula is C16H23NO3. The minimum absolute atomic E-state index is 0.0564. The van der Waals surface area contributed by atoms with Crippen LogP contribution in [-0.2, 0) is 21.4 Å². The highest BCUT2D eigenvalue weighted by Crippen LogP contribution is 2.37. The van der Waals surface area contributed by atoms with Crippen molar-refractivity contribution >= 4 is 5.97 Å². The molecule has 1 aliphatic rings. The number of fused-ring (bicyclic) bond motifs is 1. The molecule has 0 fully saturated rings. The zero-order chi connectivity index (χ0) is 14.8. The van der Waals surface area contributed by atoms with Gasteiger partial charge in [0.1, 0.15) is 5.75 Å². The number of hydrogen-bond acceptors (Lipinski definition) is 4. The first kappa shape index (κ1) is 14.9. The lowest BCUT2D eigenvalue weighted by Crippen LogP contribution is -2.44. The molecule has 1 aliphatic carbocycles. The first-order valence-corrected chi connectivity index (χ1v) is 7.12. The summed E-state index contributed by atoms with van der Waals surface area (Å²) in [6, 6.07) is 6.14. The van der Waals surface area contributed by atoms with Gasteiger partial charge in [0.05, 0.1) is 6.61 Å². The number of hydrogen-bond donors (Lipinski definition) is 1. The van der Waals surface area contributed by atoms with E-state index in [1.54, 1.807) is 6.92 Å². The lowest BCUT2D eigenvalue weighted by atomic mass is 9.69. The van der Waals surface area contributed by atoms with Gasteiger partial charge in [-0.1, -0.05) is 19.9 Å². The molecule has 1 aromatic rings. The van der Waals surface area contributed by atoms with E-state index in [9.17, 15) is 4.79 Å². The van der Waals surface area contributed by atoms with Crippen molar-refractivity contribution in [2.24, 2.45) is 5.73 Å². The summed E-state index contributed by atoms with van der Waals surface area (Å²) in [4.78, 5) is 11.3. The Hall–Kier alpha value is -1.55. The van der Waals surface area contributed by atoms with Crippen molar-refractivity contribution in [3.63, 3.8) is 0 Å². The standard InChI is InChI=1S/C16H23NO3/c1-4-19-15(18)10-20-12-7-5-11-6-8-14(17)16(2,3)13(11)9-12/h5,7,9,14H,4,6,8,10,17H2,1-3H3. The summed E-state index contributed by atoms with van der Waals surface area (Å²) < 4.78 is 10.3. The van der Waals surface area contributed by atoms with Gasteiger partial charge >= 0.3 is 5.97 Å². The number of carbonyl (C=O) groups is 1. The molecule has 0 aromatic heterocycles. The summed E-state index contributed by atoms with van der Waals surface area (Å²) in [5.41, 5.74) is 8.69. The number of nitrogens with two attached hydrogens (primary N) is 1. The van der Waals surface area contributed by atoms with Gasteiger partial charge in [0.25, 0.3) is 0 Å². The average Bonchev–Trinajstić information content (AvgIpc) is 2.42. The van der Waals surface area contributed by atoms with Crippen molar-refractivity contribution < 1.29 is 14.3 Å². The summed E-state index contributed by atoms with van der Waals surface area (Å²) in [6.45, 7) is 6.41. The average molecular weight is 277 g/mol. The van der Waals surface area contributed by atoms with Crippen LogP contribution < -0.4 is 10.5 Å². The fraction of sp³-hybridized carbons (Fsp3) is 0.562. The number of carbonyl (C=O) groups excluding carboxylic acids is 1. The summed E-state index contributed by atoms with van der Waals surface area (Å²) >= 11 is 0. The van der Waals surface area contributed by atoms with Gasteiger partial charge < -0.3 is 15.2 Å². The molecule has 0 aliphatic heterocycles. The largest absolute Gasteiger partial charge is 0.482 e. The molecule has 0 radical (unpaired) electrons. The topological polar surface area (TPSA) is 61.5 Å². The van der Waals surface area contributed by atoms with Crippen molar-refractivity contribution in [1.82, 2.24) is 0 Å². The van der Waals surface area contributed by atoms with Crippen LogP contribution in [0.4, 0.5) is 0 Å². The first-order chi connectivity index (χ1) is 9.45. The molecule has 0 bridgehead atoms. The molecule has 2 N–H and O–H groups in total. The third-order valence-electron chi connectivity index (χ3n) is 4.09. The molecule has 0 saturated carbocycles. The Kier molecular flexibility index (Phi) is 4.33. The van der Waals surface area contributed by atoms with Gasteiger partial charge in [0.15, 0.2) is 6.61 Å².